The van der Waals surface area contributed by atoms with E-state index < -0.39 is 11.9 Å². The SMILES string of the molecule is CCOC(=O)c1sc(NC(=O)C2CC(=O)N(Cc3ccc(C)cc3)C2)c(C#N)c1C. The van der Waals surface area contributed by atoms with E-state index in [2.05, 4.69) is 5.32 Å². The maximum Gasteiger partial charge on any atom is 0.348 e. The third kappa shape index (κ3) is 4.52. The van der Waals surface area contributed by atoms with Crippen LogP contribution in [-0.4, -0.2) is 35.8 Å². The van der Waals surface area contributed by atoms with Crippen molar-refractivity contribution in [2.24, 2.45) is 5.92 Å². The van der Waals surface area contributed by atoms with Crippen molar-refractivity contribution in [2.45, 2.75) is 33.7 Å². The lowest BCUT2D eigenvalue weighted by molar-refractivity contribution is -0.128. The van der Waals surface area contributed by atoms with Crippen molar-refractivity contribution < 1.29 is 19.1 Å². The molecule has 2 aromatic rings. The Bertz CT molecular complexity index is 1020. The van der Waals surface area contributed by atoms with Gasteiger partial charge in [0.25, 0.3) is 0 Å². The van der Waals surface area contributed by atoms with E-state index in [1.165, 1.54) is 0 Å². The summed E-state index contributed by atoms with van der Waals surface area (Å²) in [5.41, 5.74) is 2.89. The lowest BCUT2D eigenvalue weighted by Crippen LogP contribution is -2.28. The van der Waals surface area contributed by atoms with E-state index in [0.29, 0.717) is 28.5 Å². The summed E-state index contributed by atoms with van der Waals surface area (Å²) >= 11 is 1.02. The number of amides is 2. The van der Waals surface area contributed by atoms with Crippen molar-refractivity contribution in [2.75, 3.05) is 18.5 Å². The minimum Gasteiger partial charge on any atom is -0.462 e. The summed E-state index contributed by atoms with van der Waals surface area (Å²) < 4.78 is 5.02. The molecule has 1 atom stereocenters. The van der Waals surface area contributed by atoms with E-state index >= 15 is 0 Å². The van der Waals surface area contributed by atoms with Gasteiger partial charge in [0, 0.05) is 19.5 Å². The van der Waals surface area contributed by atoms with Crippen molar-refractivity contribution >= 4 is 34.1 Å². The van der Waals surface area contributed by atoms with Crippen molar-refractivity contribution in [3.63, 3.8) is 0 Å². The fourth-order valence-electron chi connectivity index (χ4n) is 3.36. The largest absolute Gasteiger partial charge is 0.462 e. The molecule has 0 bridgehead atoms. The minimum absolute atomic E-state index is 0.0780. The Morgan fingerprint density at radius 2 is 2.00 bits per heavy atom. The molecule has 1 aromatic heterocycles. The second kappa shape index (κ2) is 9.09. The molecular formula is C22H23N3O4S. The normalized spacial score (nSPS) is 15.7. The van der Waals surface area contributed by atoms with Gasteiger partial charge in [-0.25, -0.2) is 4.79 Å². The Labute approximate surface area is 179 Å². The Morgan fingerprint density at radius 3 is 2.63 bits per heavy atom. The molecule has 0 radical (unpaired) electrons. The molecular weight excluding hydrogens is 402 g/mol. The molecule has 1 unspecified atom stereocenters. The van der Waals surface area contributed by atoms with Crippen molar-refractivity contribution in [3.05, 3.63) is 51.4 Å². The minimum atomic E-state index is -0.516. The highest BCUT2D eigenvalue weighted by Gasteiger charge is 2.35. The van der Waals surface area contributed by atoms with Crippen LogP contribution in [0.2, 0.25) is 0 Å². The maximum absolute atomic E-state index is 12.8. The van der Waals surface area contributed by atoms with Crippen LogP contribution in [-0.2, 0) is 20.9 Å². The van der Waals surface area contributed by atoms with Gasteiger partial charge in [-0.1, -0.05) is 29.8 Å². The van der Waals surface area contributed by atoms with E-state index in [0.717, 1.165) is 22.5 Å². The molecule has 7 nitrogen and oxygen atoms in total. The van der Waals surface area contributed by atoms with Gasteiger partial charge >= 0.3 is 5.97 Å². The maximum atomic E-state index is 12.8. The van der Waals surface area contributed by atoms with Crippen molar-refractivity contribution in [1.29, 1.82) is 5.26 Å². The topological polar surface area (TPSA) is 99.5 Å². The van der Waals surface area contributed by atoms with Crippen molar-refractivity contribution in [3.8, 4) is 6.07 Å². The molecule has 3 rings (SSSR count). The molecule has 1 fully saturated rings. The van der Waals surface area contributed by atoms with Gasteiger partial charge in [-0.2, -0.15) is 5.26 Å². The molecule has 0 spiro atoms. The number of thiophene rings is 1. The zero-order chi connectivity index (χ0) is 21.8. The highest BCUT2D eigenvalue weighted by molar-refractivity contribution is 7.18. The zero-order valence-corrected chi connectivity index (χ0v) is 18.0. The second-order valence-corrected chi connectivity index (χ2v) is 8.26. The van der Waals surface area contributed by atoms with Crippen LogP contribution in [0.3, 0.4) is 0 Å². The number of likely N-dealkylation sites (tertiary alicyclic amines) is 1. The van der Waals surface area contributed by atoms with Gasteiger partial charge in [-0.15, -0.1) is 11.3 Å². The monoisotopic (exact) mass is 425 g/mol. The first-order valence-corrected chi connectivity index (χ1v) is 10.5. The molecule has 0 aliphatic carbocycles. The average Bonchev–Trinajstić information content (AvgIpc) is 3.23. The first-order valence-electron chi connectivity index (χ1n) is 9.68. The van der Waals surface area contributed by atoms with E-state index in [1.807, 2.05) is 37.3 Å². The summed E-state index contributed by atoms with van der Waals surface area (Å²) in [6, 6.07) is 9.97. The molecule has 1 aliphatic rings. The molecule has 2 amide bonds. The van der Waals surface area contributed by atoms with Crippen molar-refractivity contribution in [1.82, 2.24) is 4.90 Å². The smallest absolute Gasteiger partial charge is 0.348 e. The molecule has 1 aromatic carbocycles. The van der Waals surface area contributed by atoms with Gasteiger partial charge in [-0.3, -0.25) is 9.59 Å². The number of carbonyl (C=O) groups is 3. The van der Waals surface area contributed by atoms with Crippen LogP contribution < -0.4 is 5.32 Å². The number of hydrogen-bond acceptors (Lipinski definition) is 6. The average molecular weight is 426 g/mol. The summed E-state index contributed by atoms with van der Waals surface area (Å²) in [5, 5.41) is 12.5. The number of anilines is 1. The number of ether oxygens (including phenoxy) is 1. The van der Waals surface area contributed by atoms with Crippen LogP contribution >= 0.6 is 11.3 Å². The van der Waals surface area contributed by atoms with Crippen LogP contribution in [0.4, 0.5) is 5.00 Å². The molecule has 1 saturated heterocycles. The summed E-state index contributed by atoms with van der Waals surface area (Å²) in [7, 11) is 0. The van der Waals surface area contributed by atoms with Crippen LogP contribution in [0, 0.1) is 31.1 Å². The number of carbonyl (C=O) groups excluding carboxylic acids is 3. The standard InChI is InChI=1S/C22H23N3O4S/c1-4-29-22(28)19-14(3)17(10-23)21(30-19)24-20(27)16-9-18(26)25(12-16)11-15-7-5-13(2)6-8-15/h5-8,16H,4,9,11-12H2,1-3H3,(H,24,27). The van der Waals surface area contributed by atoms with E-state index in [4.69, 9.17) is 4.74 Å². The van der Waals surface area contributed by atoms with E-state index in [-0.39, 0.29) is 30.4 Å². The number of benzene rings is 1. The van der Waals surface area contributed by atoms with Gasteiger partial charge in [0.15, 0.2) is 0 Å². The van der Waals surface area contributed by atoms with Gasteiger partial charge in [0.1, 0.15) is 15.9 Å². The first-order chi connectivity index (χ1) is 14.3. The highest BCUT2D eigenvalue weighted by atomic mass is 32.1. The van der Waals surface area contributed by atoms with Gasteiger partial charge in [0.2, 0.25) is 11.8 Å². The molecule has 0 saturated carbocycles. The first kappa shape index (κ1) is 21.5. The summed E-state index contributed by atoms with van der Waals surface area (Å²) in [4.78, 5) is 39.2. The summed E-state index contributed by atoms with van der Waals surface area (Å²) in [6.45, 7) is 6.35. The number of nitriles is 1. The number of rotatable bonds is 6. The number of nitrogens with zero attached hydrogens (tertiary/aromatic N) is 2. The van der Waals surface area contributed by atoms with Gasteiger partial charge in [-0.05, 0) is 31.9 Å². The molecule has 1 N–H and O–H groups in total. The fourth-order valence-corrected chi connectivity index (χ4v) is 4.41. The number of esters is 1. The highest BCUT2D eigenvalue weighted by Crippen LogP contribution is 2.34. The molecule has 8 heteroatoms. The van der Waals surface area contributed by atoms with Crippen LogP contribution in [0.15, 0.2) is 24.3 Å². The molecule has 1 aliphatic heterocycles. The Balaban J connectivity index is 1.70. The second-order valence-electron chi connectivity index (χ2n) is 7.24. The summed E-state index contributed by atoms with van der Waals surface area (Å²) in [6.07, 6.45) is 0.120. The summed E-state index contributed by atoms with van der Waals surface area (Å²) in [5.74, 6) is -1.44. The Hall–Kier alpha value is -3.18. The van der Waals surface area contributed by atoms with Gasteiger partial charge in [0.05, 0.1) is 18.1 Å². The van der Waals surface area contributed by atoms with Crippen LogP contribution in [0.25, 0.3) is 0 Å². The zero-order valence-electron chi connectivity index (χ0n) is 17.2. The third-order valence-corrected chi connectivity index (χ3v) is 6.22. The Kier molecular flexibility index (Phi) is 6.53. The molecule has 30 heavy (non-hydrogen) atoms. The fraction of sp³-hybridized carbons (Fsp3) is 0.364. The molecule has 156 valence electrons. The van der Waals surface area contributed by atoms with E-state index in [9.17, 15) is 19.6 Å². The predicted molar refractivity (Wildman–Crippen MR) is 113 cm³/mol. The predicted octanol–water partition coefficient (Wildman–Crippen LogP) is 3.40. The lowest BCUT2D eigenvalue weighted by atomic mass is 10.1. The Morgan fingerprint density at radius 1 is 1.30 bits per heavy atom. The third-order valence-electron chi connectivity index (χ3n) is 5.04. The number of nitrogens with one attached hydrogen (secondary N) is 1. The van der Waals surface area contributed by atoms with Gasteiger partial charge < -0.3 is 15.0 Å². The van der Waals surface area contributed by atoms with Crippen LogP contribution in [0.1, 0.15) is 45.3 Å². The number of hydrogen-bond donors (Lipinski definition) is 1. The lowest BCUT2D eigenvalue weighted by Gasteiger charge is -2.16. The van der Waals surface area contributed by atoms with E-state index in [1.54, 1.807) is 18.7 Å². The number of aryl methyl sites for hydroxylation is 1. The quantitative estimate of drug-likeness (QED) is 0.715. The van der Waals surface area contributed by atoms with Crippen LogP contribution in [0.5, 0.6) is 0 Å². The molecule has 2 heterocycles.